The molecule has 0 fully saturated rings. The van der Waals surface area contributed by atoms with E-state index in [9.17, 15) is 22.8 Å². The average Bonchev–Trinajstić information content (AvgIpc) is 3.55. The fourth-order valence-corrected chi connectivity index (χ4v) is 4.77. The van der Waals surface area contributed by atoms with Gasteiger partial charge >= 0.3 is 6.18 Å². The number of nitrogens with zero attached hydrogens (tertiary/aromatic N) is 5. The summed E-state index contributed by atoms with van der Waals surface area (Å²) in [6, 6.07) is 9.19. The van der Waals surface area contributed by atoms with Gasteiger partial charge < -0.3 is 10.1 Å². The second-order valence-electron chi connectivity index (χ2n) is 8.89. The molecule has 0 radical (unpaired) electrons. The summed E-state index contributed by atoms with van der Waals surface area (Å²) in [5.41, 5.74) is 0.0226. The van der Waals surface area contributed by atoms with E-state index in [1.165, 1.54) is 53.0 Å². The summed E-state index contributed by atoms with van der Waals surface area (Å²) >= 11 is 12.2. The van der Waals surface area contributed by atoms with Crippen LogP contribution in [0.4, 0.5) is 18.9 Å². The van der Waals surface area contributed by atoms with E-state index in [-0.39, 0.29) is 33.9 Å². The molecule has 0 saturated heterocycles. The van der Waals surface area contributed by atoms with E-state index in [1.807, 2.05) is 5.10 Å². The van der Waals surface area contributed by atoms with Crippen molar-refractivity contribution in [3.63, 3.8) is 0 Å². The Morgan fingerprint density at radius 1 is 1.12 bits per heavy atom. The second-order valence-corrected chi connectivity index (χ2v) is 9.71. The Hall–Kier alpha value is -4.36. The maximum atomic E-state index is 13.4. The fourth-order valence-electron chi connectivity index (χ4n) is 4.47. The van der Waals surface area contributed by atoms with Gasteiger partial charge in [0, 0.05) is 33.3 Å². The summed E-state index contributed by atoms with van der Waals surface area (Å²) in [5.74, 6) is -0.360. The van der Waals surface area contributed by atoms with Gasteiger partial charge in [-0.2, -0.15) is 18.3 Å². The highest BCUT2D eigenvalue weighted by Crippen LogP contribution is 2.36. The van der Waals surface area contributed by atoms with Gasteiger partial charge in [-0.25, -0.2) is 4.68 Å². The van der Waals surface area contributed by atoms with Crippen molar-refractivity contribution in [1.82, 2.24) is 29.8 Å². The lowest BCUT2D eigenvalue weighted by Crippen LogP contribution is -2.32. The van der Waals surface area contributed by atoms with Crippen molar-refractivity contribution < 1.29 is 22.7 Å². The molecule has 3 aromatic heterocycles. The number of fused-ring (bicyclic) bond motifs is 1. The monoisotopic (exact) mass is 605 g/mol. The number of nitrogens with one attached hydrogen (secondary N) is 2. The molecule has 5 aromatic rings. The maximum absolute atomic E-state index is 13.4. The Kier molecular flexibility index (Phi) is 7.49. The Morgan fingerprint density at radius 3 is 2.56 bits per heavy atom. The molecule has 2 aromatic carbocycles. The second kappa shape index (κ2) is 10.9. The topological polar surface area (TPSA) is 120 Å². The van der Waals surface area contributed by atoms with Crippen LogP contribution < -0.4 is 15.6 Å². The minimum Gasteiger partial charge on any atom is -0.495 e. The van der Waals surface area contributed by atoms with Gasteiger partial charge in [-0.3, -0.25) is 19.3 Å². The number of carbonyl (C=O) groups excluding carboxylic acids is 1. The first-order valence-electron chi connectivity index (χ1n) is 12.0. The number of aromatic amines is 1. The third-order valence-corrected chi connectivity index (χ3v) is 6.76. The molecule has 3 heterocycles. The number of H-pyrrole nitrogens is 1. The van der Waals surface area contributed by atoms with Crippen LogP contribution in [0.5, 0.6) is 5.75 Å². The molecular weight excluding hydrogens is 586 g/mol. The van der Waals surface area contributed by atoms with Gasteiger partial charge in [0.05, 0.1) is 30.7 Å². The van der Waals surface area contributed by atoms with Crippen molar-refractivity contribution in [1.29, 1.82) is 0 Å². The number of carbonyl (C=O) groups is 1. The molecule has 5 rings (SSSR count). The smallest absolute Gasteiger partial charge is 0.433 e. The Labute approximate surface area is 239 Å². The van der Waals surface area contributed by atoms with E-state index in [4.69, 9.17) is 27.9 Å². The third-order valence-electron chi connectivity index (χ3n) is 6.36. The van der Waals surface area contributed by atoms with Crippen molar-refractivity contribution in [2.24, 2.45) is 0 Å². The predicted octanol–water partition coefficient (Wildman–Crippen LogP) is 5.90. The lowest BCUT2D eigenvalue weighted by Gasteiger charge is -2.21. The van der Waals surface area contributed by atoms with Crippen LogP contribution in [-0.4, -0.2) is 42.8 Å². The summed E-state index contributed by atoms with van der Waals surface area (Å²) in [6.45, 7) is 1.70. The summed E-state index contributed by atoms with van der Waals surface area (Å²) in [5, 5.41) is 16.4. The number of amides is 1. The summed E-state index contributed by atoms with van der Waals surface area (Å²) in [4.78, 5) is 26.7. The first kappa shape index (κ1) is 28.2. The quantitative estimate of drug-likeness (QED) is 0.238. The first-order valence-corrected chi connectivity index (χ1v) is 12.8. The molecule has 15 heteroatoms. The Balaban J connectivity index is 1.51. The van der Waals surface area contributed by atoms with Crippen LogP contribution in [0.15, 0.2) is 59.7 Å². The normalized spacial score (nSPS) is 12.5. The molecule has 0 aliphatic heterocycles. The van der Waals surface area contributed by atoms with Gasteiger partial charge in [-0.05, 0) is 42.8 Å². The first-order chi connectivity index (χ1) is 19.5. The van der Waals surface area contributed by atoms with Crippen LogP contribution in [0, 0.1) is 0 Å². The zero-order valence-corrected chi connectivity index (χ0v) is 22.8. The summed E-state index contributed by atoms with van der Waals surface area (Å²) < 4.78 is 48.2. The fraction of sp³-hybridized carbons (Fsp3) is 0.192. The van der Waals surface area contributed by atoms with Crippen LogP contribution in [0.3, 0.4) is 0 Å². The number of rotatable bonds is 7. The number of hydrogen-bond donors (Lipinski definition) is 2. The lowest BCUT2D eigenvalue weighted by molar-refractivity contribution is -0.139. The minimum absolute atomic E-state index is 0.0902. The number of alkyl halides is 3. The van der Waals surface area contributed by atoms with Crippen molar-refractivity contribution in [3.05, 3.63) is 81.1 Å². The molecule has 1 atom stereocenters. The molecule has 0 aliphatic carbocycles. The minimum atomic E-state index is -4.65. The van der Waals surface area contributed by atoms with Crippen molar-refractivity contribution in [2.45, 2.75) is 25.6 Å². The van der Waals surface area contributed by atoms with Crippen LogP contribution in [0.2, 0.25) is 10.2 Å². The van der Waals surface area contributed by atoms with Gasteiger partial charge in [-0.1, -0.05) is 35.3 Å². The number of aromatic nitrogens is 6. The van der Waals surface area contributed by atoms with Gasteiger partial charge in [0.15, 0.2) is 5.15 Å². The molecule has 0 spiro atoms. The van der Waals surface area contributed by atoms with Crippen LogP contribution in [0.1, 0.15) is 25.1 Å². The standard InChI is InChI=1S/C26H20Cl2F3N7O3/c1-3-19(25(40)32-14-5-6-18-17(9-14)24(35-33-18)26(29,30)31)37-11-21(41-2)16(10-23(37)39)15-8-13(27)4-7-20(15)38-12-22(28)34-36-38/h4-12,19H,3H2,1-2H3,(H,32,40)(H,33,35). The number of ether oxygens (including phenoxy) is 1. The summed E-state index contributed by atoms with van der Waals surface area (Å²) in [7, 11) is 1.41. The van der Waals surface area contributed by atoms with Gasteiger partial charge in [-0.15, -0.1) is 5.10 Å². The van der Waals surface area contributed by atoms with Crippen molar-refractivity contribution in [2.75, 3.05) is 12.4 Å². The Bertz CT molecular complexity index is 1830. The third kappa shape index (κ3) is 5.50. The molecule has 212 valence electrons. The zero-order chi connectivity index (χ0) is 29.5. The molecular formula is C26H20Cl2F3N7O3. The molecule has 10 nitrogen and oxygen atoms in total. The number of anilines is 1. The molecule has 1 amide bonds. The van der Waals surface area contributed by atoms with E-state index >= 15 is 0 Å². The lowest BCUT2D eigenvalue weighted by atomic mass is 10.0. The highest BCUT2D eigenvalue weighted by atomic mass is 35.5. The molecule has 41 heavy (non-hydrogen) atoms. The van der Waals surface area contributed by atoms with Crippen LogP contribution in [0.25, 0.3) is 27.7 Å². The number of pyridine rings is 1. The van der Waals surface area contributed by atoms with Crippen LogP contribution in [-0.2, 0) is 11.0 Å². The SMILES string of the molecule is CCC(C(=O)Nc1ccc2n[nH]c(C(F)(F)F)c2c1)n1cc(OC)c(-c2cc(Cl)ccc2-n2cc(Cl)nn2)cc1=O. The maximum Gasteiger partial charge on any atom is 0.433 e. The van der Waals surface area contributed by atoms with E-state index in [1.54, 1.807) is 25.1 Å². The number of benzene rings is 2. The van der Waals surface area contributed by atoms with Gasteiger partial charge in [0.1, 0.15) is 17.5 Å². The van der Waals surface area contributed by atoms with Crippen LogP contribution >= 0.6 is 23.2 Å². The van der Waals surface area contributed by atoms with Gasteiger partial charge in [0.25, 0.3) is 5.56 Å². The number of methoxy groups -OCH3 is 1. The Morgan fingerprint density at radius 2 is 1.90 bits per heavy atom. The van der Waals surface area contributed by atoms with E-state index in [0.29, 0.717) is 21.8 Å². The molecule has 0 aliphatic rings. The molecule has 0 bridgehead atoms. The zero-order valence-electron chi connectivity index (χ0n) is 21.3. The number of halogens is 5. The van der Waals surface area contributed by atoms with E-state index < -0.39 is 29.4 Å². The van der Waals surface area contributed by atoms with Crippen molar-refractivity contribution in [3.8, 4) is 22.6 Å². The van der Waals surface area contributed by atoms with E-state index in [2.05, 4.69) is 20.7 Å². The average molecular weight is 606 g/mol. The molecule has 1 unspecified atom stereocenters. The largest absolute Gasteiger partial charge is 0.495 e. The number of hydrogen-bond acceptors (Lipinski definition) is 6. The van der Waals surface area contributed by atoms with E-state index in [0.717, 1.165) is 0 Å². The molecule has 2 N–H and O–H groups in total. The highest BCUT2D eigenvalue weighted by molar-refractivity contribution is 6.31. The molecule has 0 saturated carbocycles. The summed E-state index contributed by atoms with van der Waals surface area (Å²) in [6.07, 6.45) is -1.59. The predicted molar refractivity (Wildman–Crippen MR) is 147 cm³/mol. The highest BCUT2D eigenvalue weighted by Gasteiger charge is 2.35. The van der Waals surface area contributed by atoms with Crippen molar-refractivity contribution >= 4 is 45.7 Å². The van der Waals surface area contributed by atoms with Gasteiger partial charge in [0.2, 0.25) is 5.91 Å².